The number of carbonyl (C=O) groups is 1. The van der Waals surface area contributed by atoms with Gasteiger partial charge in [0, 0.05) is 5.92 Å². The highest BCUT2D eigenvalue weighted by atomic mass is 32.1. The van der Waals surface area contributed by atoms with E-state index in [1.54, 1.807) is 6.26 Å². The van der Waals surface area contributed by atoms with Gasteiger partial charge in [0.25, 0.3) is 0 Å². The summed E-state index contributed by atoms with van der Waals surface area (Å²) in [5.41, 5.74) is 2.60. The van der Waals surface area contributed by atoms with Crippen LogP contribution in [0.3, 0.4) is 0 Å². The minimum absolute atomic E-state index is 0.125. The first-order valence-corrected chi connectivity index (χ1v) is 6.51. The van der Waals surface area contributed by atoms with Gasteiger partial charge in [-0.3, -0.25) is 0 Å². The first kappa shape index (κ1) is 15.2. The van der Waals surface area contributed by atoms with Crippen LogP contribution < -0.4 is 0 Å². The molecule has 0 spiro atoms. The van der Waals surface area contributed by atoms with E-state index in [4.69, 9.17) is 0 Å². The van der Waals surface area contributed by atoms with Crippen molar-refractivity contribution in [3.63, 3.8) is 0 Å². The van der Waals surface area contributed by atoms with Gasteiger partial charge in [-0.2, -0.15) is 12.6 Å². The first-order valence-electron chi connectivity index (χ1n) is 5.62. The fourth-order valence-electron chi connectivity index (χ4n) is 1.46. The number of benzene rings is 1. The molecule has 0 saturated carbocycles. The molecule has 0 aliphatic carbocycles. The van der Waals surface area contributed by atoms with Crippen molar-refractivity contribution in [3.05, 3.63) is 35.4 Å². The molecule has 0 bridgehead atoms. The van der Waals surface area contributed by atoms with E-state index in [1.807, 2.05) is 6.92 Å². The Hall–Kier alpha value is -0.760. The summed E-state index contributed by atoms with van der Waals surface area (Å²) in [6.45, 7) is 6.31. The summed E-state index contributed by atoms with van der Waals surface area (Å²) >= 11 is 3.53. The van der Waals surface area contributed by atoms with Gasteiger partial charge in [-0.25, -0.2) is 0 Å². The van der Waals surface area contributed by atoms with Crippen LogP contribution in [0.4, 0.5) is 0 Å². The van der Waals surface area contributed by atoms with Crippen molar-refractivity contribution in [3.8, 4) is 0 Å². The number of aldehydes is 1. The van der Waals surface area contributed by atoms with Crippen LogP contribution >= 0.6 is 12.6 Å². The van der Waals surface area contributed by atoms with Gasteiger partial charge < -0.3 is 4.79 Å². The predicted octanol–water partition coefficient (Wildman–Crippen LogP) is 3.73. The van der Waals surface area contributed by atoms with Crippen molar-refractivity contribution >= 4 is 18.9 Å². The summed E-state index contributed by atoms with van der Waals surface area (Å²) in [6, 6.07) is 8.54. The van der Waals surface area contributed by atoms with E-state index in [1.165, 1.54) is 11.1 Å². The molecule has 0 N–H and O–H groups in total. The zero-order valence-corrected chi connectivity index (χ0v) is 11.5. The molecule has 0 amide bonds. The van der Waals surface area contributed by atoms with Crippen molar-refractivity contribution in [1.29, 1.82) is 0 Å². The fourth-order valence-corrected chi connectivity index (χ4v) is 1.46. The third kappa shape index (κ3) is 5.36. The molecule has 2 heteroatoms. The lowest BCUT2D eigenvalue weighted by molar-refractivity contribution is -0.110. The Morgan fingerprint density at radius 1 is 1.12 bits per heavy atom. The van der Waals surface area contributed by atoms with Crippen molar-refractivity contribution in [2.24, 2.45) is 5.92 Å². The third-order valence-electron chi connectivity index (χ3n) is 2.44. The second kappa shape index (κ2) is 8.40. The van der Waals surface area contributed by atoms with E-state index in [9.17, 15) is 4.79 Å². The number of thiol groups is 1. The van der Waals surface area contributed by atoms with Gasteiger partial charge >= 0.3 is 0 Å². The molecule has 1 nitrogen and oxygen atoms in total. The Morgan fingerprint density at radius 3 is 2.00 bits per heavy atom. The van der Waals surface area contributed by atoms with Gasteiger partial charge in [-0.15, -0.1) is 0 Å². The van der Waals surface area contributed by atoms with Gasteiger partial charge in [0.05, 0.1) is 0 Å². The number of rotatable bonds is 4. The zero-order valence-electron chi connectivity index (χ0n) is 10.6. The Labute approximate surface area is 105 Å². The predicted molar refractivity (Wildman–Crippen MR) is 74.4 cm³/mol. The highest BCUT2D eigenvalue weighted by Crippen LogP contribution is 2.16. The number of hydrogen-bond donors (Lipinski definition) is 1. The molecule has 0 aliphatic rings. The first-order chi connectivity index (χ1) is 7.63. The summed E-state index contributed by atoms with van der Waals surface area (Å²) in [6.07, 6.45) is 3.55. The molecular formula is C14H22OS. The number of hydrogen-bond acceptors (Lipinski definition) is 2. The summed E-state index contributed by atoms with van der Waals surface area (Å²) in [5, 5.41) is 0. The molecule has 0 fully saturated rings. The second-order valence-corrected chi connectivity index (χ2v) is 4.21. The van der Waals surface area contributed by atoms with Gasteiger partial charge in [0.1, 0.15) is 6.29 Å². The molecule has 0 saturated heterocycles. The van der Waals surface area contributed by atoms with Crippen LogP contribution in [0, 0.1) is 5.92 Å². The summed E-state index contributed by atoms with van der Waals surface area (Å²) < 4.78 is 0. The van der Waals surface area contributed by atoms with Gasteiger partial charge in [0.15, 0.2) is 0 Å². The molecule has 0 aromatic heterocycles. The van der Waals surface area contributed by atoms with Crippen LogP contribution in [0.5, 0.6) is 0 Å². The van der Waals surface area contributed by atoms with Crippen molar-refractivity contribution in [2.45, 2.75) is 33.1 Å². The lowest BCUT2D eigenvalue weighted by atomic mass is 9.98. The second-order valence-electron chi connectivity index (χ2n) is 4.21. The topological polar surface area (TPSA) is 17.1 Å². The summed E-state index contributed by atoms with van der Waals surface area (Å²) in [4.78, 5) is 10.5. The van der Waals surface area contributed by atoms with Gasteiger partial charge in [-0.1, -0.05) is 45.0 Å². The normalized spacial score (nSPS) is 11.6. The molecule has 0 heterocycles. The molecular weight excluding hydrogens is 216 g/mol. The van der Waals surface area contributed by atoms with Crippen LogP contribution in [-0.4, -0.2) is 12.5 Å². The largest absolute Gasteiger partial charge is 0.303 e. The van der Waals surface area contributed by atoms with Gasteiger partial charge in [-0.05, 0) is 29.7 Å². The standard InChI is InChI=1S/C13H18O.CH4S/c1-10(2)13-6-4-12(5-7-13)8-11(3)9-14;1-2/h4-7,9-11H,8H2,1-3H3;2H,1H3. The maximum Gasteiger partial charge on any atom is 0.123 e. The molecule has 1 aromatic carbocycles. The van der Waals surface area contributed by atoms with E-state index < -0.39 is 0 Å². The van der Waals surface area contributed by atoms with Crippen LogP contribution in [0.1, 0.15) is 37.8 Å². The maximum atomic E-state index is 10.5. The summed E-state index contributed by atoms with van der Waals surface area (Å²) in [5.74, 6) is 0.701. The smallest absolute Gasteiger partial charge is 0.123 e. The molecule has 0 aliphatic heterocycles. The van der Waals surface area contributed by atoms with Crippen molar-refractivity contribution in [2.75, 3.05) is 6.26 Å². The lowest BCUT2D eigenvalue weighted by Crippen LogP contribution is -2.00. The highest BCUT2D eigenvalue weighted by Gasteiger charge is 2.02. The van der Waals surface area contributed by atoms with E-state index in [0.29, 0.717) is 5.92 Å². The average Bonchev–Trinajstić information content (AvgIpc) is 2.32. The number of carbonyl (C=O) groups excluding carboxylic acids is 1. The van der Waals surface area contributed by atoms with E-state index in [2.05, 4.69) is 50.7 Å². The molecule has 1 atom stereocenters. The van der Waals surface area contributed by atoms with E-state index in [-0.39, 0.29) is 5.92 Å². The van der Waals surface area contributed by atoms with Crippen LogP contribution in [-0.2, 0) is 11.2 Å². The minimum Gasteiger partial charge on any atom is -0.303 e. The molecule has 0 radical (unpaired) electrons. The summed E-state index contributed by atoms with van der Waals surface area (Å²) in [7, 11) is 0. The molecule has 1 unspecified atom stereocenters. The lowest BCUT2D eigenvalue weighted by Gasteiger charge is -2.07. The van der Waals surface area contributed by atoms with Gasteiger partial charge in [0.2, 0.25) is 0 Å². The Balaban J connectivity index is 0.00000106. The van der Waals surface area contributed by atoms with Crippen LogP contribution in [0.25, 0.3) is 0 Å². The SMILES string of the molecule is CC(C=O)Cc1ccc(C(C)C)cc1.CS. The Kier molecular flexibility index (Phi) is 8.00. The van der Waals surface area contributed by atoms with Crippen molar-refractivity contribution < 1.29 is 4.79 Å². The molecule has 90 valence electrons. The molecule has 1 rings (SSSR count). The highest BCUT2D eigenvalue weighted by molar-refractivity contribution is 7.79. The Bertz CT molecular complexity index is 290. The quantitative estimate of drug-likeness (QED) is 0.625. The Morgan fingerprint density at radius 2 is 1.62 bits per heavy atom. The molecule has 1 aromatic rings. The average molecular weight is 238 g/mol. The van der Waals surface area contributed by atoms with E-state index >= 15 is 0 Å². The third-order valence-corrected chi connectivity index (χ3v) is 2.44. The monoisotopic (exact) mass is 238 g/mol. The zero-order chi connectivity index (χ0) is 12.6. The van der Waals surface area contributed by atoms with Crippen LogP contribution in [0.15, 0.2) is 24.3 Å². The van der Waals surface area contributed by atoms with Crippen LogP contribution in [0.2, 0.25) is 0 Å². The maximum absolute atomic E-state index is 10.5. The van der Waals surface area contributed by atoms with E-state index in [0.717, 1.165) is 12.7 Å². The fraction of sp³-hybridized carbons (Fsp3) is 0.500. The minimum atomic E-state index is 0.125. The molecule has 16 heavy (non-hydrogen) atoms. The van der Waals surface area contributed by atoms with Crippen molar-refractivity contribution in [1.82, 2.24) is 0 Å².